The summed E-state index contributed by atoms with van der Waals surface area (Å²) in [5, 5.41) is 0. The molecule has 428 valence electrons. The second-order valence-corrected chi connectivity index (χ2v) is 25.2. The van der Waals surface area contributed by atoms with Crippen molar-refractivity contribution in [1.82, 2.24) is 4.67 Å². The molecule has 0 radical (unpaired) electrons. The predicted octanol–water partition coefficient (Wildman–Crippen LogP) is 24.9. The van der Waals surface area contributed by atoms with Crippen molar-refractivity contribution in [2.45, 2.75) is 406 Å². The van der Waals surface area contributed by atoms with Gasteiger partial charge in [-0.05, 0) is 19.3 Å². The zero-order chi connectivity index (χ0) is 51.3. The zero-order valence-corrected chi connectivity index (χ0v) is 50.6. The number of nitrogens with zero attached hydrogens (tertiary/aromatic N) is 1. The summed E-state index contributed by atoms with van der Waals surface area (Å²) < 4.78 is 20.9. The van der Waals surface area contributed by atoms with E-state index in [-0.39, 0.29) is 0 Å². The highest BCUT2D eigenvalue weighted by Gasteiger charge is 2.28. The predicted molar refractivity (Wildman–Crippen MR) is 321 cm³/mol. The number of rotatable bonds is 65. The monoisotopic (exact) mass is 1020 g/mol. The Labute approximate surface area is 450 Å². The molecule has 0 rings (SSSR count). The van der Waals surface area contributed by atoms with E-state index < -0.39 is 7.75 Å². The first-order valence-corrected chi connectivity index (χ1v) is 35.3. The molecule has 71 heavy (non-hydrogen) atoms. The minimum absolute atomic E-state index is 0.406. The largest absolute Gasteiger partial charge is 0.405 e. The van der Waals surface area contributed by atoms with Gasteiger partial charge in [0.25, 0.3) is 0 Å². The van der Waals surface area contributed by atoms with Crippen molar-refractivity contribution < 1.29 is 14.0 Å². The Hall–Kier alpha value is 0.110. The molecule has 1 atom stereocenters. The molecule has 0 amide bonds. The SMILES string of the molecule is CCCCCCCCCCCCCCCCCCCCCCCCCCCCCCN(CCCCCCCCCCCCCCCCCCCCCCCCCCCCCC)P(=O)(O)OCCCCCC. The third kappa shape index (κ3) is 59.2. The molecule has 0 saturated carbocycles. The average Bonchev–Trinajstić information content (AvgIpc) is 3.37. The summed E-state index contributed by atoms with van der Waals surface area (Å²) in [6, 6.07) is 0. The molecule has 0 aromatic rings. The molecule has 0 aliphatic carbocycles. The van der Waals surface area contributed by atoms with Gasteiger partial charge >= 0.3 is 7.75 Å². The topological polar surface area (TPSA) is 49.8 Å². The molecule has 0 fully saturated rings. The maximum atomic E-state index is 13.4. The minimum Gasteiger partial charge on any atom is -0.312 e. The van der Waals surface area contributed by atoms with E-state index in [0.717, 1.165) is 38.5 Å². The normalized spacial score (nSPS) is 12.7. The van der Waals surface area contributed by atoms with E-state index >= 15 is 0 Å². The summed E-state index contributed by atoms with van der Waals surface area (Å²) in [4.78, 5) is 11.0. The summed E-state index contributed by atoms with van der Waals surface area (Å²) >= 11 is 0. The smallest absolute Gasteiger partial charge is 0.312 e. The van der Waals surface area contributed by atoms with E-state index in [9.17, 15) is 9.46 Å². The molecule has 4 nitrogen and oxygen atoms in total. The van der Waals surface area contributed by atoms with Crippen molar-refractivity contribution in [3.8, 4) is 0 Å². The molecule has 0 spiro atoms. The van der Waals surface area contributed by atoms with Gasteiger partial charge in [-0.3, -0.25) is 4.52 Å². The molecule has 0 heterocycles. The quantitative estimate of drug-likeness (QED) is 0.0487. The first-order chi connectivity index (χ1) is 35.1. The lowest BCUT2D eigenvalue weighted by atomic mass is 10.0. The van der Waals surface area contributed by atoms with E-state index in [2.05, 4.69) is 20.8 Å². The molecule has 0 aromatic heterocycles. The second-order valence-electron chi connectivity index (χ2n) is 23.4. The van der Waals surface area contributed by atoms with Gasteiger partial charge in [-0.15, -0.1) is 0 Å². The molecule has 0 aliphatic rings. The van der Waals surface area contributed by atoms with Gasteiger partial charge in [0.15, 0.2) is 0 Å². The molecule has 0 saturated heterocycles. The van der Waals surface area contributed by atoms with Crippen LogP contribution in [0.2, 0.25) is 0 Å². The Morgan fingerprint density at radius 3 is 0.549 bits per heavy atom. The molecule has 0 aliphatic heterocycles. The van der Waals surface area contributed by atoms with Crippen LogP contribution in [0.1, 0.15) is 406 Å². The van der Waals surface area contributed by atoms with Crippen molar-refractivity contribution in [3.05, 3.63) is 0 Å². The van der Waals surface area contributed by atoms with Crippen LogP contribution in [0.3, 0.4) is 0 Å². The lowest BCUT2D eigenvalue weighted by Gasteiger charge is -2.26. The fraction of sp³-hybridized carbons (Fsp3) is 1.00. The third-order valence-electron chi connectivity index (χ3n) is 16.2. The average molecular weight is 1020 g/mol. The van der Waals surface area contributed by atoms with Gasteiger partial charge in [0, 0.05) is 13.1 Å². The maximum absolute atomic E-state index is 13.4. The van der Waals surface area contributed by atoms with Crippen molar-refractivity contribution in [2.75, 3.05) is 19.7 Å². The van der Waals surface area contributed by atoms with E-state index in [0.29, 0.717) is 19.7 Å². The van der Waals surface area contributed by atoms with Gasteiger partial charge in [0.05, 0.1) is 6.61 Å². The molecule has 0 bridgehead atoms. The fourth-order valence-electron chi connectivity index (χ4n) is 11.1. The number of hydrogen-bond donors (Lipinski definition) is 1. The Morgan fingerprint density at radius 1 is 0.239 bits per heavy atom. The molecule has 5 heteroatoms. The van der Waals surface area contributed by atoms with E-state index in [4.69, 9.17) is 4.52 Å². The van der Waals surface area contributed by atoms with Crippen molar-refractivity contribution in [3.63, 3.8) is 0 Å². The van der Waals surface area contributed by atoms with E-state index in [1.807, 2.05) is 4.67 Å². The van der Waals surface area contributed by atoms with Crippen LogP contribution in [0.5, 0.6) is 0 Å². The van der Waals surface area contributed by atoms with Crippen LogP contribution >= 0.6 is 7.75 Å². The van der Waals surface area contributed by atoms with Crippen LogP contribution in [-0.2, 0) is 9.09 Å². The lowest BCUT2D eigenvalue weighted by molar-refractivity contribution is 0.194. The van der Waals surface area contributed by atoms with Gasteiger partial charge in [-0.25, -0.2) is 9.24 Å². The lowest BCUT2D eigenvalue weighted by Crippen LogP contribution is -2.24. The first-order valence-electron chi connectivity index (χ1n) is 33.8. The van der Waals surface area contributed by atoms with Crippen LogP contribution in [0.25, 0.3) is 0 Å². The highest BCUT2D eigenvalue weighted by atomic mass is 31.2. The molecule has 1 unspecified atom stereocenters. The summed E-state index contributed by atoms with van der Waals surface area (Å²) in [5.74, 6) is 0. The molecular formula is C66H136NO3P. The fourth-order valence-corrected chi connectivity index (χ4v) is 12.4. The van der Waals surface area contributed by atoms with Crippen LogP contribution in [-0.4, -0.2) is 29.3 Å². The van der Waals surface area contributed by atoms with Gasteiger partial charge in [0.1, 0.15) is 0 Å². The molecule has 1 N–H and O–H groups in total. The zero-order valence-electron chi connectivity index (χ0n) is 49.7. The van der Waals surface area contributed by atoms with Gasteiger partial charge in [-0.1, -0.05) is 387 Å². The highest BCUT2D eigenvalue weighted by Crippen LogP contribution is 2.47. The third-order valence-corrected chi connectivity index (χ3v) is 17.8. The molecular weight excluding hydrogens is 886 g/mol. The summed E-state index contributed by atoms with van der Waals surface area (Å²) in [7, 11) is -3.72. The van der Waals surface area contributed by atoms with Gasteiger partial charge < -0.3 is 4.89 Å². The van der Waals surface area contributed by atoms with E-state index in [1.165, 1.54) is 347 Å². The standard InChI is InChI=1S/C66H136NO3P/c1-4-7-10-13-15-17-19-21-23-25-27-29-31-33-35-37-39-41-43-45-47-49-51-53-55-57-59-61-64-67(71(68,69)70-66-63-12-9-6-3)65-62-60-58-56-54-52-50-48-46-44-42-40-38-36-34-32-30-28-26-24-22-20-18-16-14-11-8-5-2/h4-66H2,1-3H3,(H,68,69). The van der Waals surface area contributed by atoms with Crippen molar-refractivity contribution in [1.29, 1.82) is 0 Å². The van der Waals surface area contributed by atoms with Crippen LogP contribution in [0.15, 0.2) is 0 Å². The van der Waals surface area contributed by atoms with Gasteiger partial charge in [0.2, 0.25) is 0 Å². The van der Waals surface area contributed by atoms with Crippen LogP contribution in [0.4, 0.5) is 0 Å². The van der Waals surface area contributed by atoms with E-state index in [1.54, 1.807) is 0 Å². The maximum Gasteiger partial charge on any atom is 0.405 e. The Morgan fingerprint density at radius 2 is 0.380 bits per heavy atom. The number of unbranched alkanes of at least 4 members (excludes halogenated alkanes) is 57. The summed E-state index contributed by atoms with van der Waals surface area (Å²) in [6.45, 7) is 8.61. The number of hydrogen-bond acceptors (Lipinski definition) is 2. The minimum atomic E-state index is -3.72. The van der Waals surface area contributed by atoms with Crippen LogP contribution < -0.4 is 0 Å². The Balaban J connectivity index is 3.74. The van der Waals surface area contributed by atoms with Gasteiger partial charge in [-0.2, -0.15) is 0 Å². The van der Waals surface area contributed by atoms with Crippen molar-refractivity contribution in [2.24, 2.45) is 0 Å². The Bertz CT molecular complexity index is 932. The van der Waals surface area contributed by atoms with Crippen molar-refractivity contribution >= 4 is 7.75 Å². The summed E-state index contributed by atoms with van der Waals surface area (Å²) in [6.07, 6.45) is 83.0. The second kappa shape index (κ2) is 62.6. The molecule has 0 aromatic carbocycles. The Kier molecular flexibility index (Phi) is 62.7. The highest BCUT2D eigenvalue weighted by molar-refractivity contribution is 7.50. The summed E-state index contributed by atoms with van der Waals surface area (Å²) in [5.41, 5.74) is 0. The first kappa shape index (κ1) is 71.1. The van der Waals surface area contributed by atoms with Crippen LogP contribution in [0, 0.1) is 0 Å².